The van der Waals surface area contributed by atoms with Crippen LogP contribution in [0, 0.1) is 5.82 Å². The topological polar surface area (TPSA) is 68.5 Å². The third-order valence-corrected chi connectivity index (χ3v) is 3.51. The molecule has 0 saturated heterocycles. The predicted molar refractivity (Wildman–Crippen MR) is 79.8 cm³/mol. The highest BCUT2D eigenvalue weighted by atomic mass is 19.1. The van der Waals surface area contributed by atoms with E-state index >= 15 is 0 Å². The maximum atomic E-state index is 13.7. The Morgan fingerprint density at radius 3 is 2.82 bits per heavy atom. The normalized spacial score (nSPS) is 11.0. The quantitative estimate of drug-likeness (QED) is 0.782. The Labute approximate surface area is 126 Å². The zero-order chi connectivity index (χ0) is 15.5. The highest BCUT2D eigenvalue weighted by molar-refractivity contribution is 5.47. The number of aromatic nitrogens is 5. The molecule has 1 N–H and O–H groups in total. The molecule has 114 valence electrons. The third kappa shape index (κ3) is 2.69. The maximum Gasteiger partial charge on any atom is 0.343 e. The van der Waals surface area contributed by atoms with Crippen molar-refractivity contribution in [3.8, 4) is 11.5 Å². The van der Waals surface area contributed by atoms with E-state index in [2.05, 4.69) is 15.3 Å². The van der Waals surface area contributed by atoms with Crippen LogP contribution in [0.2, 0.25) is 0 Å². The monoisotopic (exact) mass is 301 g/mol. The summed E-state index contributed by atoms with van der Waals surface area (Å²) >= 11 is 0. The second-order valence-corrected chi connectivity index (χ2v) is 4.90. The van der Waals surface area contributed by atoms with E-state index in [1.165, 1.54) is 10.6 Å². The number of nitrogens with one attached hydrogen (secondary N) is 1. The molecular weight excluding hydrogens is 285 g/mol. The van der Waals surface area contributed by atoms with Crippen molar-refractivity contribution in [3.05, 3.63) is 58.4 Å². The molecular formula is C15H16FN5O. The minimum Gasteiger partial charge on any atom is -0.273 e. The second-order valence-electron chi connectivity index (χ2n) is 4.90. The predicted octanol–water partition coefficient (Wildman–Crippen LogP) is 1.84. The summed E-state index contributed by atoms with van der Waals surface area (Å²) in [6, 6.07) is 8.36. The average Bonchev–Trinajstić information content (AvgIpc) is 3.13. The van der Waals surface area contributed by atoms with Crippen molar-refractivity contribution in [2.24, 2.45) is 0 Å². The van der Waals surface area contributed by atoms with E-state index in [0.717, 1.165) is 6.54 Å². The van der Waals surface area contributed by atoms with Crippen molar-refractivity contribution >= 4 is 0 Å². The van der Waals surface area contributed by atoms with Crippen LogP contribution in [0.4, 0.5) is 4.39 Å². The van der Waals surface area contributed by atoms with Crippen LogP contribution in [0.25, 0.3) is 11.5 Å². The highest BCUT2D eigenvalue weighted by Crippen LogP contribution is 2.14. The van der Waals surface area contributed by atoms with Gasteiger partial charge in [-0.1, -0.05) is 18.2 Å². The van der Waals surface area contributed by atoms with Crippen LogP contribution in [0.5, 0.6) is 0 Å². The van der Waals surface area contributed by atoms with E-state index < -0.39 is 0 Å². The summed E-state index contributed by atoms with van der Waals surface area (Å²) in [5.41, 5.74) is 0.867. The van der Waals surface area contributed by atoms with Gasteiger partial charge in [0, 0.05) is 19.3 Å². The summed E-state index contributed by atoms with van der Waals surface area (Å²) in [7, 11) is 0. The zero-order valence-corrected chi connectivity index (χ0v) is 12.2. The van der Waals surface area contributed by atoms with Gasteiger partial charge in [-0.15, -0.1) is 0 Å². The Morgan fingerprint density at radius 2 is 2.09 bits per heavy atom. The van der Waals surface area contributed by atoms with Crippen LogP contribution in [0.1, 0.15) is 12.5 Å². The zero-order valence-electron chi connectivity index (χ0n) is 12.2. The Bertz CT molecular complexity index is 832. The van der Waals surface area contributed by atoms with Crippen LogP contribution in [0.15, 0.2) is 41.3 Å². The molecule has 0 amide bonds. The summed E-state index contributed by atoms with van der Waals surface area (Å²) in [4.78, 5) is 11.9. The molecule has 0 aliphatic heterocycles. The Balaban J connectivity index is 1.87. The van der Waals surface area contributed by atoms with Gasteiger partial charge in [0.15, 0.2) is 5.82 Å². The summed E-state index contributed by atoms with van der Waals surface area (Å²) in [5, 5.41) is 10.8. The molecule has 0 atom stereocenters. The van der Waals surface area contributed by atoms with Crippen molar-refractivity contribution in [2.45, 2.75) is 26.4 Å². The summed E-state index contributed by atoms with van der Waals surface area (Å²) in [6.07, 6.45) is 2.24. The fourth-order valence-electron chi connectivity index (χ4n) is 2.31. The first-order valence-electron chi connectivity index (χ1n) is 7.11. The fourth-order valence-corrected chi connectivity index (χ4v) is 2.31. The lowest BCUT2D eigenvalue weighted by molar-refractivity contribution is 0.590. The smallest absolute Gasteiger partial charge is 0.273 e. The lowest BCUT2D eigenvalue weighted by Gasteiger charge is -2.05. The van der Waals surface area contributed by atoms with Gasteiger partial charge in [0.2, 0.25) is 0 Å². The summed E-state index contributed by atoms with van der Waals surface area (Å²) in [6.45, 7) is 3.06. The molecule has 0 aliphatic rings. The Kier molecular flexibility index (Phi) is 3.86. The molecule has 0 saturated carbocycles. The van der Waals surface area contributed by atoms with Crippen molar-refractivity contribution in [3.63, 3.8) is 0 Å². The van der Waals surface area contributed by atoms with Crippen molar-refractivity contribution in [2.75, 3.05) is 0 Å². The van der Waals surface area contributed by atoms with Gasteiger partial charge < -0.3 is 0 Å². The fraction of sp³-hybridized carbons (Fsp3) is 0.267. The van der Waals surface area contributed by atoms with E-state index in [4.69, 9.17) is 0 Å². The number of nitrogens with zero attached hydrogens (tertiary/aromatic N) is 4. The Morgan fingerprint density at radius 1 is 1.27 bits per heavy atom. The standard InChI is InChI=1S/C15H16FN5O/c1-2-20-9-8-13(19-20)14-17-18-15(22)21(14)10-7-11-5-3-4-6-12(11)16/h3-6,8-9H,2,7,10H2,1H3,(H,18,22). The first-order valence-corrected chi connectivity index (χ1v) is 7.11. The molecule has 0 aliphatic carbocycles. The molecule has 2 aromatic heterocycles. The first-order chi connectivity index (χ1) is 10.7. The molecule has 7 heteroatoms. The van der Waals surface area contributed by atoms with Gasteiger partial charge in [-0.3, -0.25) is 9.25 Å². The lowest BCUT2D eigenvalue weighted by atomic mass is 10.1. The number of aryl methyl sites for hydroxylation is 2. The number of hydrogen-bond acceptors (Lipinski definition) is 3. The first kappa shape index (κ1) is 14.2. The summed E-state index contributed by atoms with van der Waals surface area (Å²) in [5.74, 6) is 0.199. The van der Waals surface area contributed by atoms with Crippen LogP contribution in [0.3, 0.4) is 0 Å². The minimum atomic E-state index is -0.322. The van der Waals surface area contributed by atoms with Gasteiger partial charge in [0.05, 0.1) is 0 Å². The van der Waals surface area contributed by atoms with E-state index in [0.29, 0.717) is 30.0 Å². The van der Waals surface area contributed by atoms with Crippen molar-refractivity contribution in [1.29, 1.82) is 0 Å². The molecule has 2 heterocycles. The molecule has 22 heavy (non-hydrogen) atoms. The van der Waals surface area contributed by atoms with E-state index in [1.807, 2.05) is 13.1 Å². The van der Waals surface area contributed by atoms with Gasteiger partial charge in [0.25, 0.3) is 0 Å². The maximum absolute atomic E-state index is 13.7. The largest absolute Gasteiger partial charge is 0.343 e. The van der Waals surface area contributed by atoms with Crippen molar-refractivity contribution < 1.29 is 4.39 Å². The van der Waals surface area contributed by atoms with E-state index in [9.17, 15) is 9.18 Å². The van der Waals surface area contributed by atoms with Gasteiger partial charge in [0.1, 0.15) is 11.5 Å². The van der Waals surface area contributed by atoms with Crippen molar-refractivity contribution in [1.82, 2.24) is 24.5 Å². The average molecular weight is 301 g/mol. The molecule has 0 radical (unpaired) electrons. The van der Waals surface area contributed by atoms with Gasteiger partial charge in [-0.05, 0) is 31.0 Å². The van der Waals surface area contributed by atoms with Gasteiger partial charge in [-0.25, -0.2) is 14.3 Å². The van der Waals surface area contributed by atoms with E-state index in [-0.39, 0.29) is 11.5 Å². The van der Waals surface area contributed by atoms with Crippen LogP contribution in [-0.2, 0) is 19.5 Å². The number of H-pyrrole nitrogens is 1. The molecule has 3 aromatic rings. The Hall–Kier alpha value is -2.70. The van der Waals surface area contributed by atoms with Gasteiger partial charge in [-0.2, -0.15) is 10.2 Å². The molecule has 0 unspecified atom stereocenters. The lowest BCUT2D eigenvalue weighted by Crippen LogP contribution is -2.19. The SMILES string of the molecule is CCn1ccc(-c2n[nH]c(=O)n2CCc2ccccc2F)n1. The number of benzene rings is 1. The molecule has 0 spiro atoms. The minimum absolute atomic E-state index is 0.268. The van der Waals surface area contributed by atoms with E-state index in [1.54, 1.807) is 28.9 Å². The molecule has 6 nitrogen and oxygen atoms in total. The molecule has 1 aromatic carbocycles. The number of rotatable bonds is 5. The number of halogens is 1. The highest BCUT2D eigenvalue weighted by Gasteiger charge is 2.13. The van der Waals surface area contributed by atoms with Crippen LogP contribution >= 0.6 is 0 Å². The third-order valence-electron chi connectivity index (χ3n) is 3.51. The molecule has 3 rings (SSSR count). The molecule has 0 bridgehead atoms. The second kappa shape index (κ2) is 5.97. The van der Waals surface area contributed by atoms with Crippen LogP contribution < -0.4 is 5.69 Å². The number of hydrogen-bond donors (Lipinski definition) is 1. The summed E-state index contributed by atoms with van der Waals surface area (Å²) < 4.78 is 16.9. The molecule has 0 fully saturated rings. The van der Waals surface area contributed by atoms with Crippen LogP contribution in [-0.4, -0.2) is 24.5 Å². The number of aromatic amines is 1. The van der Waals surface area contributed by atoms with Gasteiger partial charge >= 0.3 is 5.69 Å².